The third-order valence-corrected chi connectivity index (χ3v) is 8.43. The summed E-state index contributed by atoms with van der Waals surface area (Å²) in [7, 11) is 4.05. The molecular weight excluding hydrogens is 562 g/mol. The second-order valence-corrected chi connectivity index (χ2v) is 13.4. The molecule has 0 saturated heterocycles. The van der Waals surface area contributed by atoms with E-state index in [0.717, 1.165) is 50.8 Å². The van der Waals surface area contributed by atoms with Gasteiger partial charge in [0.15, 0.2) is 0 Å². The molecule has 266 valence electrons. The molecular formula is C42H77N3O. The monoisotopic (exact) mass is 640 g/mol. The third kappa shape index (κ3) is 36.5. The zero-order chi connectivity index (χ0) is 33.6. The van der Waals surface area contributed by atoms with Crippen molar-refractivity contribution in [3.05, 3.63) is 48.6 Å². The Kier molecular flexibility index (Phi) is 35.9. The zero-order valence-electron chi connectivity index (χ0n) is 31.2. The van der Waals surface area contributed by atoms with E-state index < -0.39 is 0 Å². The van der Waals surface area contributed by atoms with Gasteiger partial charge in [-0.15, -0.1) is 0 Å². The van der Waals surface area contributed by atoms with Gasteiger partial charge in [0.2, 0.25) is 0 Å². The molecule has 4 nitrogen and oxygen atoms in total. The topological polar surface area (TPSA) is 44.7 Å². The fourth-order valence-electron chi connectivity index (χ4n) is 5.44. The largest absolute Gasteiger partial charge is 0.340 e. The van der Waals surface area contributed by atoms with Gasteiger partial charge in [0.05, 0.1) is 0 Å². The molecule has 1 N–H and O–H groups in total. The number of aliphatic imine (C=N–C) groups is 1. The number of carbonyl (C=O) groups is 1. The van der Waals surface area contributed by atoms with Crippen molar-refractivity contribution in [2.45, 2.75) is 181 Å². The Morgan fingerprint density at radius 3 is 1.28 bits per heavy atom. The van der Waals surface area contributed by atoms with Crippen molar-refractivity contribution >= 4 is 11.7 Å². The highest BCUT2D eigenvalue weighted by Crippen LogP contribution is 2.14. The van der Waals surface area contributed by atoms with Crippen LogP contribution in [-0.4, -0.2) is 43.8 Å². The molecule has 0 aromatic heterocycles. The molecule has 0 aliphatic carbocycles. The summed E-state index contributed by atoms with van der Waals surface area (Å²) in [5.74, 6) is 0. The molecule has 0 spiro atoms. The van der Waals surface area contributed by atoms with Crippen molar-refractivity contribution in [1.29, 1.82) is 0 Å². The van der Waals surface area contributed by atoms with Crippen molar-refractivity contribution in [2.75, 3.05) is 27.2 Å². The number of hydrogen-bond acceptors (Lipinski definition) is 2. The maximum atomic E-state index is 12.4. The smallest absolute Gasteiger partial charge is 0.335 e. The van der Waals surface area contributed by atoms with Crippen molar-refractivity contribution in [1.82, 2.24) is 10.2 Å². The first-order chi connectivity index (χ1) is 22.6. The van der Waals surface area contributed by atoms with Crippen LogP contribution in [0.5, 0.6) is 0 Å². The van der Waals surface area contributed by atoms with Crippen LogP contribution in [-0.2, 0) is 0 Å². The summed E-state index contributed by atoms with van der Waals surface area (Å²) in [4.78, 5) is 19.0. The van der Waals surface area contributed by atoms with Crippen LogP contribution in [0.15, 0.2) is 53.6 Å². The minimum Gasteiger partial charge on any atom is -0.335 e. The molecule has 0 bridgehead atoms. The number of nitrogens with one attached hydrogen (secondary N) is 1. The van der Waals surface area contributed by atoms with E-state index in [1.807, 2.05) is 14.1 Å². The summed E-state index contributed by atoms with van der Waals surface area (Å²) in [5.41, 5.74) is 1.11. The molecule has 0 aromatic rings. The van der Waals surface area contributed by atoms with Crippen LogP contribution in [0, 0.1) is 0 Å². The van der Waals surface area contributed by atoms with Crippen molar-refractivity contribution < 1.29 is 4.79 Å². The van der Waals surface area contributed by atoms with Gasteiger partial charge in [-0.3, -0.25) is 0 Å². The minimum atomic E-state index is -0.156. The molecule has 2 amide bonds. The summed E-state index contributed by atoms with van der Waals surface area (Å²) < 4.78 is 0. The Bertz CT molecular complexity index is 743. The lowest BCUT2D eigenvalue weighted by atomic mass is 10.0. The Balaban J connectivity index is 4.08. The fourth-order valence-corrected chi connectivity index (χ4v) is 5.44. The molecule has 0 fully saturated rings. The van der Waals surface area contributed by atoms with E-state index in [1.54, 1.807) is 0 Å². The van der Waals surface area contributed by atoms with E-state index in [2.05, 4.69) is 77.7 Å². The average molecular weight is 640 g/mol. The normalized spacial score (nSPS) is 12.1. The van der Waals surface area contributed by atoms with Crippen LogP contribution < -0.4 is 5.32 Å². The first-order valence-corrected chi connectivity index (χ1v) is 19.7. The Labute approximate surface area is 287 Å². The maximum Gasteiger partial charge on any atom is 0.340 e. The van der Waals surface area contributed by atoms with E-state index in [-0.39, 0.29) is 6.03 Å². The van der Waals surface area contributed by atoms with Gasteiger partial charge in [-0.1, -0.05) is 140 Å². The average Bonchev–Trinajstić information content (AvgIpc) is 3.04. The molecule has 0 heterocycles. The highest BCUT2D eigenvalue weighted by Gasteiger charge is 2.05. The van der Waals surface area contributed by atoms with Gasteiger partial charge in [0.25, 0.3) is 0 Å². The zero-order valence-corrected chi connectivity index (χ0v) is 31.2. The Hall–Kier alpha value is -1.94. The van der Waals surface area contributed by atoms with Gasteiger partial charge in [0, 0.05) is 18.8 Å². The molecule has 0 radical (unpaired) electrons. The van der Waals surface area contributed by atoms with Gasteiger partial charge in [-0.05, 0) is 104 Å². The molecule has 0 saturated carbocycles. The van der Waals surface area contributed by atoms with Gasteiger partial charge in [0.1, 0.15) is 0 Å². The van der Waals surface area contributed by atoms with Crippen LogP contribution in [0.2, 0.25) is 0 Å². The van der Waals surface area contributed by atoms with Crippen LogP contribution >= 0.6 is 0 Å². The number of likely N-dealkylation sites (N-methyl/N-ethyl adjacent to an activating group) is 1. The number of rotatable bonds is 33. The molecule has 0 unspecified atom stereocenters. The second-order valence-electron chi connectivity index (χ2n) is 13.4. The molecule has 0 rings (SSSR count). The maximum absolute atomic E-state index is 12.4. The van der Waals surface area contributed by atoms with E-state index >= 15 is 0 Å². The van der Waals surface area contributed by atoms with E-state index in [1.165, 1.54) is 128 Å². The number of unbranched alkanes of at least 4 members (excludes halogenated alkanes) is 18. The summed E-state index contributed by atoms with van der Waals surface area (Å²) in [5, 5.41) is 2.97. The summed E-state index contributed by atoms with van der Waals surface area (Å²) >= 11 is 0. The number of nitrogens with zero attached hydrogens (tertiary/aromatic N) is 2. The molecule has 0 atom stereocenters. The Morgan fingerprint density at radius 2 is 0.891 bits per heavy atom. The summed E-state index contributed by atoms with van der Waals surface area (Å²) in [6.45, 7) is 6.01. The van der Waals surface area contributed by atoms with E-state index in [9.17, 15) is 4.79 Å². The molecule has 4 heteroatoms. The van der Waals surface area contributed by atoms with Crippen LogP contribution in [0.3, 0.4) is 0 Å². The number of urea groups is 1. The van der Waals surface area contributed by atoms with Gasteiger partial charge in [-0.25, -0.2) is 9.79 Å². The number of carbonyl (C=O) groups excluding carboxylic acids is 1. The van der Waals surface area contributed by atoms with Crippen LogP contribution in [0.4, 0.5) is 4.79 Å². The lowest BCUT2D eigenvalue weighted by Gasteiger charge is -2.10. The first kappa shape index (κ1) is 44.1. The van der Waals surface area contributed by atoms with E-state index in [0.29, 0.717) is 6.54 Å². The quantitative estimate of drug-likeness (QED) is 0.0441. The number of allylic oxidation sites excluding steroid dienone is 8. The molecule has 0 aliphatic rings. The SMILES string of the molecule is CCCCC/C=C\C/C=C\CCCCCCCCC(CCCCCCCC/C=C\C/C=C\CCCCC)=NC(=O)NCCN(C)C. The standard InChI is InChI=1S/C42H77N3O/c1-5-7-9-11-13-15-17-19-21-23-25-27-29-31-33-35-37-41(44-42(46)43-39-40-45(3)4)38-36-34-32-30-28-26-24-22-20-18-16-14-12-10-8-6-2/h13-16,19-22H,5-12,17-18,23-40H2,1-4H3,(H,43,46)/b15-13-,16-14-,21-19-,22-20-. The van der Waals surface area contributed by atoms with Crippen molar-refractivity contribution in [3.63, 3.8) is 0 Å². The van der Waals surface area contributed by atoms with Gasteiger partial charge in [-0.2, -0.15) is 0 Å². The summed E-state index contributed by atoms with van der Waals surface area (Å²) in [6.07, 6.45) is 50.8. The van der Waals surface area contributed by atoms with Crippen LogP contribution in [0.25, 0.3) is 0 Å². The van der Waals surface area contributed by atoms with Gasteiger partial charge < -0.3 is 10.2 Å². The highest BCUT2D eigenvalue weighted by molar-refractivity contribution is 5.95. The predicted octanol–water partition coefficient (Wildman–Crippen LogP) is 13.1. The highest BCUT2D eigenvalue weighted by atomic mass is 16.2. The molecule has 0 aliphatic heterocycles. The van der Waals surface area contributed by atoms with E-state index in [4.69, 9.17) is 0 Å². The van der Waals surface area contributed by atoms with Crippen molar-refractivity contribution in [2.24, 2.45) is 4.99 Å². The fraction of sp³-hybridized carbons (Fsp3) is 0.762. The summed E-state index contributed by atoms with van der Waals surface area (Å²) in [6, 6.07) is -0.156. The molecule has 46 heavy (non-hydrogen) atoms. The lowest BCUT2D eigenvalue weighted by molar-refractivity contribution is 0.248. The second kappa shape index (κ2) is 37.5. The minimum absolute atomic E-state index is 0.156. The number of amides is 2. The molecule has 0 aromatic carbocycles. The van der Waals surface area contributed by atoms with Crippen molar-refractivity contribution in [3.8, 4) is 0 Å². The lowest BCUT2D eigenvalue weighted by Crippen LogP contribution is -2.30. The van der Waals surface area contributed by atoms with Gasteiger partial charge >= 0.3 is 6.03 Å². The number of hydrogen-bond donors (Lipinski definition) is 1. The third-order valence-electron chi connectivity index (χ3n) is 8.43. The Morgan fingerprint density at radius 1 is 0.522 bits per heavy atom. The first-order valence-electron chi connectivity index (χ1n) is 19.7. The predicted molar refractivity (Wildman–Crippen MR) is 207 cm³/mol. The van der Waals surface area contributed by atoms with Crippen LogP contribution in [0.1, 0.15) is 181 Å².